The molecule has 1 atom stereocenters. The number of primary amides is 1. The first kappa shape index (κ1) is 12.0. The molecule has 3 N–H and O–H groups in total. The molecule has 1 rings (SSSR count). The molecule has 0 heterocycles. The Morgan fingerprint density at radius 1 is 1.44 bits per heavy atom. The molecular weight excluding hydrogens is 210 g/mol. The summed E-state index contributed by atoms with van der Waals surface area (Å²) in [6.07, 6.45) is -0.664. The van der Waals surface area contributed by atoms with Crippen LogP contribution in [0.3, 0.4) is 0 Å². The van der Waals surface area contributed by atoms with Crippen LogP contribution in [0.15, 0.2) is 24.3 Å². The second-order valence-corrected chi connectivity index (χ2v) is 3.21. The number of carbonyl (C=O) groups is 2. The zero-order valence-corrected chi connectivity index (χ0v) is 8.84. The first-order valence-electron chi connectivity index (χ1n) is 4.84. The zero-order valence-electron chi connectivity index (χ0n) is 8.84. The van der Waals surface area contributed by atoms with Crippen molar-refractivity contribution in [2.45, 2.75) is 19.4 Å². The van der Waals surface area contributed by atoms with Crippen molar-refractivity contribution in [1.82, 2.24) is 0 Å². The Labute approximate surface area is 92.8 Å². The quantitative estimate of drug-likeness (QED) is 0.780. The minimum absolute atomic E-state index is 0.183. The number of hydrogen-bond donors (Lipinski definition) is 2. The SMILES string of the molecule is CCC(Oc1ccccc1C(N)=O)C(=O)O. The molecule has 0 saturated carbocycles. The number of hydrogen-bond acceptors (Lipinski definition) is 3. The van der Waals surface area contributed by atoms with Gasteiger partial charge in [-0.15, -0.1) is 0 Å². The first-order chi connectivity index (χ1) is 7.56. The summed E-state index contributed by atoms with van der Waals surface area (Å²) in [4.78, 5) is 21.8. The second kappa shape index (κ2) is 5.16. The van der Waals surface area contributed by atoms with Gasteiger partial charge >= 0.3 is 5.97 Å². The van der Waals surface area contributed by atoms with E-state index in [-0.39, 0.29) is 11.3 Å². The highest BCUT2D eigenvalue weighted by Gasteiger charge is 2.19. The molecule has 0 aliphatic heterocycles. The molecule has 5 heteroatoms. The molecule has 5 nitrogen and oxygen atoms in total. The summed E-state index contributed by atoms with van der Waals surface area (Å²) >= 11 is 0. The molecule has 0 saturated heterocycles. The van der Waals surface area contributed by atoms with E-state index >= 15 is 0 Å². The third-order valence-corrected chi connectivity index (χ3v) is 2.07. The van der Waals surface area contributed by atoms with Gasteiger partial charge < -0.3 is 15.6 Å². The van der Waals surface area contributed by atoms with Crippen LogP contribution < -0.4 is 10.5 Å². The summed E-state index contributed by atoms with van der Waals surface area (Å²) in [6.45, 7) is 1.69. The van der Waals surface area contributed by atoms with Crippen LogP contribution in [-0.2, 0) is 4.79 Å². The normalized spacial score (nSPS) is 11.8. The highest BCUT2D eigenvalue weighted by atomic mass is 16.5. The molecule has 1 aromatic carbocycles. The highest BCUT2D eigenvalue weighted by Crippen LogP contribution is 2.19. The van der Waals surface area contributed by atoms with Crippen LogP contribution in [-0.4, -0.2) is 23.1 Å². The lowest BCUT2D eigenvalue weighted by atomic mass is 10.2. The molecule has 86 valence electrons. The summed E-state index contributed by atoms with van der Waals surface area (Å²) in [7, 11) is 0. The lowest BCUT2D eigenvalue weighted by Gasteiger charge is -2.14. The van der Waals surface area contributed by atoms with Crippen molar-refractivity contribution in [3.63, 3.8) is 0 Å². The number of carboxylic acid groups (broad SMARTS) is 1. The van der Waals surface area contributed by atoms with Crippen molar-refractivity contribution < 1.29 is 19.4 Å². The average Bonchev–Trinajstić information content (AvgIpc) is 2.25. The Morgan fingerprint density at radius 3 is 2.56 bits per heavy atom. The number of para-hydroxylation sites is 1. The van der Waals surface area contributed by atoms with E-state index < -0.39 is 18.0 Å². The van der Waals surface area contributed by atoms with Gasteiger partial charge in [0.1, 0.15) is 5.75 Å². The number of benzene rings is 1. The Morgan fingerprint density at radius 2 is 2.06 bits per heavy atom. The van der Waals surface area contributed by atoms with Crippen LogP contribution in [0.1, 0.15) is 23.7 Å². The summed E-state index contributed by atoms with van der Waals surface area (Å²) in [5.74, 6) is -1.51. The van der Waals surface area contributed by atoms with Gasteiger partial charge in [0.15, 0.2) is 6.10 Å². The summed E-state index contributed by atoms with van der Waals surface area (Å²) in [5, 5.41) is 8.82. The smallest absolute Gasteiger partial charge is 0.344 e. The Hall–Kier alpha value is -2.04. The number of rotatable bonds is 5. The molecule has 0 radical (unpaired) electrons. The standard InChI is InChI=1S/C11H13NO4/c1-2-8(11(14)15)16-9-6-4-3-5-7(9)10(12)13/h3-6,8H,2H2,1H3,(H2,12,13)(H,14,15). The fourth-order valence-corrected chi connectivity index (χ4v) is 1.23. The van der Waals surface area contributed by atoms with E-state index in [1.165, 1.54) is 12.1 Å². The monoisotopic (exact) mass is 223 g/mol. The van der Waals surface area contributed by atoms with Gasteiger partial charge in [0.2, 0.25) is 0 Å². The van der Waals surface area contributed by atoms with E-state index in [2.05, 4.69) is 0 Å². The summed E-state index contributed by atoms with van der Waals surface area (Å²) < 4.78 is 5.22. The van der Waals surface area contributed by atoms with Crippen molar-refractivity contribution >= 4 is 11.9 Å². The van der Waals surface area contributed by atoms with Crippen LogP contribution in [0, 0.1) is 0 Å². The molecule has 0 aliphatic rings. The second-order valence-electron chi connectivity index (χ2n) is 3.21. The largest absolute Gasteiger partial charge is 0.479 e. The van der Waals surface area contributed by atoms with Crippen molar-refractivity contribution in [1.29, 1.82) is 0 Å². The topological polar surface area (TPSA) is 89.6 Å². The van der Waals surface area contributed by atoms with E-state index in [0.29, 0.717) is 6.42 Å². The number of carboxylic acids is 1. The van der Waals surface area contributed by atoms with Crippen molar-refractivity contribution in [2.75, 3.05) is 0 Å². The predicted molar refractivity (Wildman–Crippen MR) is 57.3 cm³/mol. The Kier molecular flexibility index (Phi) is 3.88. The summed E-state index contributed by atoms with van der Waals surface area (Å²) in [5.41, 5.74) is 5.32. The van der Waals surface area contributed by atoms with Gasteiger partial charge in [0.05, 0.1) is 5.56 Å². The van der Waals surface area contributed by atoms with Crippen molar-refractivity contribution in [3.8, 4) is 5.75 Å². The van der Waals surface area contributed by atoms with Gasteiger partial charge in [0.25, 0.3) is 5.91 Å². The van der Waals surface area contributed by atoms with E-state index in [9.17, 15) is 9.59 Å². The van der Waals surface area contributed by atoms with E-state index in [1.807, 2.05) is 0 Å². The third-order valence-electron chi connectivity index (χ3n) is 2.07. The maximum Gasteiger partial charge on any atom is 0.344 e. The van der Waals surface area contributed by atoms with E-state index in [4.69, 9.17) is 15.6 Å². The van der Waals surface area contributed by atoms with Gasteiger partial charge in [-0.2, -0.15) is 0 Å². The van der Waals surface area contributed by atoms with Crippen LogP contribution >= 0.6 is 0 Å². The van der Waals surface area contributed by atoms with Crippen LogP contribution in [0.25, 0.3) is 0 Å². The average molecular weight is 223 g/mol. The van der Waals surface area contributed by atoms with Gasteiger partial charge in [-0.1, -0.05) is 19.1 Å². The molecule has 1 aromatic rings. The third kappa shape index (κ3) is 2.73. The van der Waals surface area contributed by atoms with Crippen molar-refractivity contribution in [3.05, 3.63) is 29.8 Å². The number of carbonyl (C=O) groups excluding carboxylic acids is 1. The highest BCUT2D eigenvalue weighted by molar-refractivity contribution is 5.95. The minimum Gasteiger partial charge on any atom is -0.479 e. The molecule has 16 heavy (non-hydrogen) atoms. The molecule has 0 bridgehead atoms. The van der Waals surface area contributed by atoms with Gasteiger partial charge in [-0.25, -0.2) is 4.79 Å². The number of nitrogens with two attached hydrogens (primary N) is 1. The van der Waals surface area contributed by atoms with Gasteiger partial charge in [-0.3, -0.25) is 4.79 Å². The molecule has 0 fully saturated rings. The number of ether oxygens (including phenoxy) is 1. The fraction of sp³-hybridized carbons (Fsp3) is 0.273. The molecule has 1 unspecified atom stereocenters. The number of amides is 1. The first-order valence-corrected chi connectivity index (χ1v) is 4.84. The molecule has 1 amide bonds. The molecule has 0 spiro atoms. The zero-order chi connectivity index (χ0) is 12.1. The fourth-order valence-electron chi connectivity index (χ4n) is 1.23. The van der Waals surface area contributed by atoms with Crippen LogP contribution in [0.4, 0.5) is 0 Å². The van der Waals surface area contributed by atoms with E-state index in [1.54, 1.807) is 19.1 Å². The van der Waals surface area contributed by atoms with Crippen LogP contribution in [0.5, 0.6) is 5.75 Å². The molecular formula is C11H13NO4. The van der Waals surface area contributed by atoms with Crippen LogP contribution in [0.2, 0.25) is 0 Å². The minimum atomic E-state index is -1.07. The van der Waals surface area contributed by atoms with Gasteiger partial charge in [0, 0.05) is 0 Å². The van der Waals surface area contributed by atoms with Gasteiger partial charge in [-0.05, 0) is 18.6 Å². The molecule has 0 aromatic heterocycles. The Bertz CT molecular complexity index is 403. The lowest BCUT2D eigenvalue weighted by Crippen LogP contribution is -2.27. The maximum absolute atomic E-state index is 11.1. The summed E-state index contributed by atoms with van der Waals surface area (Å²) in [6, 6.07) is 6.29. The predicted octanol–water partition coefficient (Wildman–Crippen LogP) is 1.03. The van der Waals surface area contributed by atoms with Crippen molar-refractivity contribution in [2.24, 2.45) is 5.73 Å². The van der Waals surface area contributed by atoms with E-state index in [0.717, 1.165) is 0 Å². The lowest BCUT2D eigenvalue weighted by molar-refractivity contribution is -0.145. The molecule has 0 aliphatic carbocycles. The maximum atomic E-state index is 11.1. The Balaban J connectivity index is 2.95. The number of aliphatic carboxylic acids is 1.